The number of amides is 1. The molecule has 110 valence electrons. The van der Waals surface area contributed by atoms with E-state index in [1.54, 1.807) is 24.3 Å². The molecule has 0 saturated heterocycles. The van der Waals surface area contributed by atoms with E-state index in [0.717, 1.165) is 5.56 Å². The molecule has 1 atom stereocenters. The predicted octanol–water partition coefficient (Wildman–Crippen LogP) is 3.97. The summed E-state index contributed by atoms with van der Waals surface area (Å²) in [5.74, 6) is 0.447. The standard InChI is InChI=1S/C16H15BrClNO2/c17-10-15(12-4-2-1-3-5-12)19-16(20)11-21-14-8-6-13(18)7-9-14/h1-9,15H,10-11H2,(H,19,20). The highest BCUT2D eigenvalue weighted by molar-refractivity contribution is 9.09. The molecule has 3 nitrogen and oxygen atoms in total. The number of alkyl halides is 1. The second-order valence-corrected chi connectivity index (χ2v) is 5.51. The van der Waals surface area contributed by atoms with Crippen LogP contribution >= 0.6 is 27.5 Å². The molecule has 0 saturated carbocycles. The number of hydrogen-bond acceptors (Lipinski definition) is 2. The molecule has 2 rings (SSSR count). The Morgan fingerprint density at radius 3 is 2.43 bits per heavy atom. The van der Waals surface area contributed by atoms with E-state index in [0.29, 0.717) is 16.1 Å². The van der Waals surface area contributed by atoms with Gasteiger partial charge in [0.1, 0.15) is 5.75 Å². The normalized spacial score (nSPS) is 11.7. The summed E-state index contributed by atoms with van der Waals surface area (Å²) in [6, 6.07) is 16.6. The van der Waals surface area contributed by atoms with Gasteiger partial charge in [-0.25, -0.2) is 0 Å². The van der Waals surface area contributed by atoms with Crippen LogP contribution in [-0.2, 0) is 4.79 Å². The van der Waals surface area contributed by atoms with Gasteiger partial charge in [-0.3, -0.25) is 4.79 Å². The van der Waals surface area contributed by atoms with E-state index in [2.05, 4.69) is 21.2 Å². The zero-order valence-electron chi connectivity index (χ0n) is 11.3. The average molecular weight is 369 g/mol. The van der Waals surface area contributed by atoms with E-state index in [1.807, 2.05) is 30.3 Å². The number of carbonyl (C=O) groups is 1. The Morgan fingerprint density at radius 2 is 1.81 bits per heavy atom. The number of benzene rings is 2. The third kappa shape index (κ3) is 5.06. The Bertz CT molecular complexity index is 575. The monoisotopic (exact) mass is 367 g/mol. The van der Waals surface area contributed by atoms with Gasteiger partial charge in [-0.05, 0) is 29.8 Å². The number of nitrogens with one attached hydrogen (secondary N) is 1. The van der Waals surface area contributed by atoms with Crippen LogP contribution in [0.4, 0.5) is 0 Å². The lowest BCUT2D eigenvalue weighted by molar-refractivity contribution is -0.123. The van der Waals surface area contributed by atoms with Crippen molar-refractivity contribution in [2.45, 2.75) is 6.04 Å². The Balaban J connectivity index is 1.87. The fourth-order valence-electron chi connectivity index (χ4n) is 1.81. The quantitative estimate of drug-likeness (QED) is 0.784. The molecular weight excluding hydrogens is 354 g/mol. The molecule has 1 N–H and O–H groups in total. The first-order valence-electron chi connectivity index (χ1n) is 6.47. The zero-order valence-corrected chi connectivity index (χ0v) is 13.6. The van der Waals surface area contributed by atoms with Crippen molar-refractivity contribution in [1.82, 2.24) is 5.32 Å². The van der Waals surface area contributed by atoms with Crippen LogP contribution in [0.1, 0.15) is 11.6 Å². The largest absolute Gasteiger partial charge is 0.484 e. The average Bonchev–Trinajstić information content (AvgIpc) is 2.53. The Labute approximate surface area is 137 Å². The van der Waals surface area contributed by atoms with Gasteiger partial charge in [0.25, 0.3) is 5.91 Å². The van der Waals surface area contributed by atoms with Gasteiger partial charge < -0.3 is 10.1 Å². The van der Waals surface area contributed by atoms with Crippen LogP contribution in [0.25, 0.3) is 0 Å². The summed E-state index contributed by atoms with van der Waals surface area (Å²) in [6.07, 6.45) is 0. The molecule has 0 aliphatic heterocycles. The van der Waals surface area contributed by atoms with Crippen molar-refractivity contribution in [1.29, 1.82) is 0 Å². The number of rotatable bonds is 6. The van der Waals surface area contributed by atoms with Crippen LogP contribution in [0, 0.1) is 0 Å². The van der Waals surface area contributed by atoms with E-state index in [1.165, 1.54) is 0 Å². The van der Waals surface area contributed by atoms with E-state index in [-0.39, 0.29) is 18.6 Å². The molecule has 2 aromatic rings. The Kier molecular flexibility index (Phi) is 6.08. The minimum absolute atomic E-state index is 0.0298. The number of hydrogen-bond donors (Lipinski definition) is 1. The van der Waals surface area contributed by atoms with Gasteiger partial charge in [-0.15, -0.1) is 0 Å². The number of ether oxygens (including phenoxy) is 1. The molecule has 2 aromatic carbocycles. The van der Waals surface area contributed by atoms with Crippen LogP contribution < -0.4 is 10.1 Å². The molecular formula is C16H15BrClNO2. The molecule has 1 unspecified atom stereocenters. The fraction of sp³-hybridized carbons (Fsp3) is 0.188. The van der Waals surface area contributed by atoms with Crippen molar-refractivity contribution in [2.75, 3.05) is 11.9 Å². The highest BCUT2D eigenvalue weighted by Crippen LogP contribution is 2.16. The Hall–Kier alpha value is -1.52. The molecule has 21 heavy (non-hydrogen) atoms. The molecule has 1 amide bonds. The molecule has 0 heterocycles. The SMILES string of the molecule is O=C(COc1ccc(Cl)cc1)NC(CBr)c1ccccc1. The van der Waals surface area contributed by atoms with E-state index in [4.69, 9.17) is 16.3 Å². The second kappa shape index (κ2) is 8.05. The van der Waals surface area contributed by atoms with Crippen molar-refractivity contribution >= 4 is 33.4 Å². The molecule has 0 radical (unpaired) electrons. The van der Waals surface area contributed by atoms with Crippen LogP contribution in [0.5, 0.6) is 5.75 Å². The van der Waals surface area contributed by atoms with Gasteiger partial charge in [-0.1, -0.05) is 57.9 Å². The second-order valence-electron chi connectivity index (χ2n) is 4.43. The van der Waals surface area contributed by atoms with Gasteiger partial charge in [0.2, 0.25) is 0 Å². The van der Waals surface area contributed by atoms with Gasteiger partial charge in [0.05, 0.1) is 6.04 Å². The maximum absolute atomic E-state index is 11.9. The molecule has 0 fully saturated rings. The van der Waals surface area contributed by atoms with Crippen LogP contribution in [0.3, 0.4) is 0 Å². The lowest BCUT2D eigenvalue weighted by atomic mass is 10.1. The first-order chi connectivity index (χ1) is 10.2. The summed E-state index contributed by atoms with van der Waals surface area (Å²) in [5.41, 5.74) is 1.05. The number of halogens is 2. The van der Waals surface area contributed by atoms with Crippen LogP contribution in [0.15, 0.2) is 54.6 Å². The third-order valence-electron chi connectivity index (χ3n) is 2.88. The van der Waals surface area contributed by atoms with Gasteiger partial charge in [0.15, 0.2) is 6.61 Å². The summed E-state index contributed by atoms with van der Waals surface area (Å²) >= 11 is 9.20. The number of carbonyl (C=O) groups excluding carboxylic acids is 1. The predicted molar refractivity (Wildman–Crippen MR) is 88.1 cm³/mol. The molecule has 0 aliphatic rings. The van der Waals surface area contributed by atoms with E-state index in [9.17, 15) is 4.79 Å². The van der Waals surface area contributed by atoms with Gasteiger partial charge in [0, 0.05) is 10.4 Å². The maximum Gasteiger partial charge on any atom is 0.258 e. The smallest absolute Gasteiger partial charge is 0.258 e. The third-order valence-corrected chi connectivity index (χ3v) is 3.77. The first-order valence-corrected chi connectivity index (χ1v) is 7.97. The molecule has 5 heteroatoms. The molecule has 0 aliphatic carbocycles. The molecule has 0 aromatic heterocycles. The van der Waals surface area contributed by atoms with Crippen LogP contribution in [-0.4, -0.2) is 17.8 Å². The maximum atomic E-state index is 11.9. The van der Waals surface area contributed by atoms with Crippen molar-refractivity contribution in [3.8, 4) is 5.75 Å². The Morgan fingerprint density at radius 1 is 1.14 bits per heavy atom. The summed E-state index contributed by atoms with van der Waals surface area (Å²) in [7, 11) is 0. The van der Waals surface area contributed by atoms with Gasteiger partial charge >= 0.3 is 0 Å². The van der Waals surface area contributed by atoms with Crippen molar-refractivity contribution < 1.29 is 9.53 Å². The lowest BCUT2D eigenvalue weighted by Gasteiger charge is -2.17. The highest BCUT2D eigenvalue weighted by atomic mass is 79.9. The summed E-state index contributed by atoms with van der Waals surface area (Å²) in [6.45, 7) is -0.0298. The fourth-order valence-corrected chi connectivity index (χ4v) is 2.47. The zero-order chi connectivity index (χ0) is 15.1. The van der Waals surface area contributed by atoms with E-state index < -0.39 is 0 Å². The van der Waals surface area contributed by atoms with Crippen LogP contribution in [0.2, 0.25) is 5.02 Å². The molecule has 0 bridgehead atoms. The van der Waals surface area contributed by atoms with Crippen molar-refractivity contribution in [2.24, 2.45) is 0 Å². The minimum atomic E-state index is -0.168. The molecule has 0 spiro atoms. The summed E-state index contributed by atoms with van der Waals surface area (Å²) < 4.78 is 5.42. The summed E-state index contributed by atoms with van der Waals surface area (Å²) in [5, 5.41) is 4.20. The van der Waals surface area contributed by atoms with E-state index >= 15 is 0 Å². The topological polar surface area (TPSA) is 38.3 Å². The lowest BCUT2D eigenvalue weighted by Crippen LogP contribution is -2.33. The van der Waals surface area contributed by atoms with Crippen molar-refractivity contribution in [3.63, 3.8) is 0 Å². The summed E-state index contributed by atoms with van der Waals surface area (Å²) in [4.78, 5) is 11.9. The van der Waals surface area contributed by atoms with Gasteiger partial charge in [-0.2, -0.15) is 0 Å². The van der Waals surface area contributed by atoms with Crippen molar-refractivity contribution in [3.05, 3.63) is 65.2 Å². The minimum Gasteiger partial charge on any atom is -0.484 e. The first kappa shape index (κ1) is 15.9. The highest BCUT2D eigenvalue weighted by Gasteiger charge is 2.13.